The molecular weight excluding hydrogens is 296 g/mol. The number of esters is 1. The normalized spacial score (nSPS) is 9.32. The maximum absolute atomic E-state index is 10.6. The van der Waals surface area contributed by atoms with Gasteiger partial charge in [-0.05, 0) is 0 Å². The second kappa shape index (κ2) is 19.3. The number of aliphatic hydroxyl groups excluding tert-OH is 1. The van der Waals surface area contributed by atoms with Gasteiger partial charge < -0.3 is 29.2 Å². The quantitative estimate of drug-likeness (QED) is 0.277. The van der Waals surface area contributed by atoms with Crippen molar-refractivity contribution in [3.8, 4) is 0 Å². The summed E-state index contributed by atoms with van der Waals surface area (Å²) in [4.78, 5) is 19.9. The summed E-state index contributed by atoms with van der Waals surface area (Å²) in [5.74, 6) is -1.43. The highest BCUT2D eigenvalue weighted by Crippen LogP contribution is 1.83. The average Bonchev–Trinajstić information content (AvgIpc) is 2.52. The standard InChI is InChI=1S/C11H20O6.C3H4O2/c1-2-11(13)17-10-9-16-8-7-15-6-5-14-4-3-12;1-2-3(4)5/h2,12H,1,3-10H2;2H,1H2,(H,4,5). The molecule has 2 N–H and O–H groups in total. The van der Waals surface area contributed by atoms with Crippen LogP contribution in [-0.2, 0) is 28.5 Å². The number of rotatable bonds is 13. The summed E-state index contributed by atoms with van der Waals surface area (Å²) in [7, 11) is 0. The molecule has 0 aromatic heterocycles. The highest BCUT2D eigenvalue weighted by molar-refractivity contribution is 5.81. The smallest absolute Gasteiger partial charge is 0.330 e. The molecule has 8 nitrogen and oxygen atoms in total. The molecule has 0 aliphatic rings. The molecule has 0 unspecified atom stereocenters. The molecule has 0 aromatic carbocycles. The van der Waals surface area contributed by atoms with Gasteiger partial charge in [-0.1, -0.05) is 13.2 Å². The lowest BCUT2D eigenvalue weighted by atomic mass is 10.6. The van der Waals surface area contributed by atoms with Gasteiger partial charge in [-0.15, -0.1) is 0 Å². The fourth-order valence-corrected chi connectivity index (χ4v) is 0.867. The second-order valence-electron chi connectivity index (χ2n) is 3.47. The first kappa shape index (κ1) is 22.5. The molecule has 22 heavy (non-hydrogen) atoms. The maximum atomic E-state index is 10.6. The van der Waals surface area contributed by atoms with E-state index >= 15 is 0 Å². The van der Waals surface area contributed by atoms with Crippen molar-refractivity contribution in [2.75, 3.05) is 52.9 Å². The summed E-state index contributed by atoms with van der Waals surface area (Å²) in [5.41, 5.74) is 0. The van der Waals surface area contributed by atoms with Crippen molar-refractivity contribution in [2.24, 2.45) is 0 Å². The molecule has 0 amide bonds. The fraction of sp³-hybridized carbons (Fsp3) is 0.571. The van der Waals surface area contributed by atoms with Crippen molar-refractivity contribution in [1.82, 2.24) is 0 Å². The first-order valence-electron chi connectivity index (χ1n) is 6.57. The number of aliphatic hydroxyl groups is 1. The lowest BCUT2D eigenvalue weighted by Gasteiger charge is -2.06. The number of ether oxygens (including phenoxy) is 4. The van der Waals surface area contributed by atoms with Crippen LogP contribution in [0.1, 0.15) is 0 Å². The third-order valence-electron chi connectivity index (χ3n) is 1.79. The van der Waals surface area contributed by atoms with Crippen LogP contribution >= 0.6 is 0 Å². The maximum Gasteiger partial charge on any atom is 0.330 e. The molecule has 0 aliphatic carbocycles. The van der Waals surface area contributed by atoms with E-state index in [2.05, 4.69) is 13.2 Å². The zero-order valence-electron chi connectivity index (χ0n) is 12.6. The molecule has 0 spiro atoms. The zero-order chi connectivity index (χ0) is 17.1. The third kappa shape index (κ3) is 23.4. The molecule has 0 bridgehead atoms. The van der Waals surface area contributed by atoms with Crippen LogP contribution in [-0.4, -0.2) is 75.0 Å². The van der Waals surface area contributed by atoms with Crippen LogP contribution in [0.15, 0.2) is 25.3 Å². The molecule has 8 heteroatoms. The van der Waals surface area contributed by atoms with Crippen molar-refractivity contribution in [3.05, 3.63) is 25.3 Å². The lowest BCUT2D eigenvalue weighted by Crippen LogP contribution is -2.13. The van der Waals surface area contributed by atoms with Gasteiger partial charge in [-0.25, -0.2) is 9.59 Å². The molecule has 0 saturated carbocycles. The van der Waals surface area contributed by atoms with Crippen molar-refractivity contribution < 1.29 is 38.7 Å². The average molecular weight is 320 g/mol. The molecule has 0 atom stereocenters. The Kier molecular flexibility index (Phi) is 19.7. The molecule has 0 aliphatic heterocycles. The van der Waals surface area contributed by atoms with E-state index in [0.29, 0.717) is 39.6 Å². The van der Waals surface area contributed by atoms with E-state index in [1.807, 2.05) is 0 Å². The summed E-state index contributed by atoms with van der Waals surface area (Å²) in [6.45, 7) is 8.94. The SMILES string of the molecule is C=CC(=O)O.C=CC(=O)OCCOCCOCCOCCO. The van der Waals surface area contributed by atoms with Crippen LogP contribution in [0.2, 0.25) is 0 Å². The van der Waals surface area contributed by atoms with Crippen LogP contribution in [0.5, 0.6) is 0 Å². The van der Waals surface area contributed by atoms with Gasteiger partial charge >= 0.3 is 11.9 Å². The molecule has 0 fully saturated rings. The Morgan fingerprint density at radius 1 is 0.818 bits per heavy atom. The lowest BCUT2D eigenvalue weighted by molar-refractivity contribution is -0.139. The van der Waals surface area contributed by atoms with Crippen LogP contribution in [0.3, 0.4) is 0 Å². The number of hydrogen-bond acceptors (Lipinski definition) is 7. The zero-order valence-corrected chi connectivity index (χ0v) is 12.6. The Hall–Kier alpha value is -1.74. The first-order valence-corrected chi connectivity index (χ1v) is 6.57. The molecular formula is C14H24O8. The predicted molar refractivity (Wildman–Crippen MR) is 78.5 cm³/mol. The Labute approximate surface area is 129 Å². The Morgan fingerprint density at radius 2 is 1.23 bits per heavy atom. The van der Waals surface area contributed by atoms with Gasteiger partial charge in [0.25, 0.3) is 0 Å². The summed E-state index contributed by atoms with van der Waals surface area (Å²) >= 11 is 0. The van der Waals surface area contributed by atoms with E-state index in [0.717, 1.165) is 12.2 Å². The van der Waals surface area contributed by atoms with Crippen molar-refractivity contribution in [1.29, 1.82) is 0 Å². The summed E-state index contributed by atoms with van der Waals surface area (Å²) in [6, 6.07) is 0. The number of carboxylic acids is 1. The van der Waals surface area contributed by atoms with Gasteiger partial charge in [0.2, 0.25) is 0 Å². The molecule has 0 radical (unpaired) electrons. The van der Waals surface area contributed by atoms with Gasteiger partial charge in [0.15, 0.2) is 0 Å². The van der Waals surface area contributed by atoms with Crippen LogP contribution in [0.4, 0.5) is 0 Å². The van der Waals surface area contributed by atoms with Gasteiger partial charge in [-0.2, -0.15) is 0 Å². The van der Waals surface area contributed by atoms with Crippen LogP contribution < -0.4 is 0 Å². The van der Waals surface area contributed by atoms with Crippen molar-refractivity contribution in [2.45, 2.75) is 0 Å². The van der Waals surface area contributed by atoms with Crippen LogP contribution in [0.25, 0.3) is 0 Å². The van der Waals surface area contributed by atoms with Gasteiger partial charge in [0.05, 0.1) is 46.2 Å². The van der Waals surface area contributed by atoms with E-state index in [-0.39, 0.29) is 13.2 Å². The predicted octanol–water partition coefficient (Wildman–Crippen LogP) is 0.0147. The minimum atomic E-state index is -0.981. The minimum Gasteiger partial charge on any atom is -0.478 e. The van der Waals surface area contributed by atoms with Gasteiger partial charge in [0.1, 0.15) is 6.61 Å². The number of hydrogen-bond donors (Lipinski definition) is 2. The number of carbonyl (C=O) groups is 2. The fourth-order valence-electron chi connectivity index (χ4n) is 0.867. The minimum absolute atomic E-state index is 0.0204. The summed E-state index contributed by atoms with van der Waals surface area (Å²) < 4.78 is 20.0. The van der Waals surface area contributed by atoms with Crippen LogP contribution in [0, 0.1) is 0 Å². The summed E-state index contributed by atoms with van der Waals surface area (Å²) in [6.07, 6.45) is 1.94. The Morgan fingerprint density at radius 3 is 1.59 bits per heavy atom. The van der Waals surface area contributed by atoms with E-state index < -0.39 is 11.9 Å². The number of carbonyl (C=O) groups excluding carboxylic acids is 1. The highest BCUT2D eigenvalue weighted by Gasteiger charge is 1.95. The van der Waals surface area contributed by atoms with E-state index in [4.69, 9.17) is 29.2 Å². The molecule has 0 rings (SSSR count). The molecule has 0 aromatic rings. The van der Waals surface area contributed by atoms with E-state index in [1.54, 1.807) is 0 Å². The van der Waals surface area contributed by atoms with Gasteiger partial charge in [-0.3, -0.25) is 0 Å². The first-order chi connectivity index (χ1) is 10.6. The largest absolute Gasteiger partial charge is 0.478 e. The third-order valence-corrected chi connectivity index (χ3v) is 1.79. The second-order valence-corrected chi connectivity index (χ2v) is 3.47. The Bertz CT molecular complexity index is 303. The van der Waals surface area contributed by atoms with Crippen molar-refractivity contribution in [3.63, 3.8) is 0 Å². The van der Waals surface area contributed by atoms with Crippen molar-refractivity contribution >= 4 is 11.9 Å². The number of carboxylic acid groups (broad SMARTS) is 1. The monoisotopic (exact) mass is 320 g/mol. The van der Waals surface area contributed by atoms with E-state index in [1.165, 1.54) is 0 Å². The molecule has 0 saturated heterocycles. The Balaban J connectivity index is 0. The molecule has 0 heterocycles. The van der Waals surface area contributed by atoms with E-state index in [9.17, 15) is 9.59 Å². The molecule has 128 valence electrons. The highest BCUT2D eigenvalue weighted by atomic mass is 16.6. The summed E-state index contributed by atoms with van der Waals surface area (Å²) in [5, 5.41) is 16.0. The van der Waals surface area contributed by atoms with Gasteiger partial charge in [0, 0.05) is 12.2 Å². The number of aliphatic carboxylic acids is 1. The topological polar surface area (TPSA) is 112 Å².